The van der Waals surface area contributed by atoms with Crippen LogP contribution >= 0.6 is 22.9 Å². The van der Waals surface area contributed by atoms with Gasteiger partial charge >= 0.3 is 0 Å². The van der Waals surface area contributed by atoms with Crippen molar-refractivity contribution in [2.75, 3.05) is 6.54 Å². The summed E-state index contributed by atoms with van der Waals surface area (Å²) in [5, 5.41) is 3.75. The largest absolute Gasteiger partial charge is 0.311 e. The highest BCUT2D eigenvalue weighted by Gasteiger charge is 2.37. The van der Waals surface area contributed by atoms with E-state index in [1.165, 1.54) is 43.5 Å². The average Bonchev–Trinajstić information content (AvgIpc) is 3.01. The second kappa shape index (κ2) is 6.35. The first-order valence-electron chi connectivity index (χ1n) is 7.94. The minimum Gasteiger partial charge on any atom is -0.311 e. The molecule has 3 heterocycles. The first kappa shape index (κ1) is 14.8. The predicted molar refractivity (Wildman–Crippen MR) is 87.7 cm³/mol. The number of fused-ring (bicyclic) bond motifs is 2. The molecule has 0 spiro atoms. The van der Waals surface area contributed by atoms with Crippen molar-refractivity contribution in [3.63, 3.8) is 0 Å². The van der Waals surface area contributed by atoms with Gasteiger partial charge in [0.05, 0.1) is 4.34 Å². The Labute approximate surface area is 131 Å². The normalized spacial score (nSPS) is 30.9. The van der Waals surface area contributed by atoms with Gasteiger partial charge in [-0.1, -0.05) is 18.5 Å². The molecule has 3 rings (SSSR count). The summed E-state index contributed by atoms with van der Waals surface area (Å²) >= 11 is 7.86. The lowest BCUT2D eigenvalue weighted by Crippen LogP contribution is -2.49. The van der Waals surface area contributed by atoms with Gasteiger partial charge in [0.1, 0.15) is 0 Å². The number of nitrogens with zero attached hydrogens (tertiary/aromatic N) is 1. The van der Waals surface area contributed by atoms with Gasteiger partial charge in [-0.2, -0.15) is 0 Å². The van der Waals surface area contributed by atoms with E-state index in [-0.39, 0.29) is 0 Å². The molecule has 1 N–H and O–H groups in total. The molecule has 0 amide bonds. The Hall–Kier alpha value is -0.0900. The molecule has 2 aliphatic rings. The molecule has 112 valence electrons. The van der Waals surface area contributed by atoms with Crippen molar-refractivity contribution in [3.05, 3.63) is 21.3 Å². The summed E-state index contributed by atoms with van der Waals surface area (Å²) in [7, 11) is 0. The molecule has 0 aliphatic carbocycles. The average molecular weight is 313 g/mol. The highest BCUT2D eigenvalue weighted by molar-refractivity contribution is 7.16. The third-order valence-corrected chi connectivity index (χ3v) is 6.30. The molecule has 4 heteroatoms. The van der Waals surface area contributed by atoms with Crippen LogP contribution in [0.4, 0.5) is 0 Å². The molecule has 2 saturated heterocycles. The first-order chi connectivity index (χ1) is 9.67. The highest BCUT2D eigenvalue weighted by Crippen LogP contribution is 2.36. The van der Waals surface area contributed by atoms with E-state index in [1.54, 1.807) is 11.3 Å². The molecule has 1 aromatic heterocycles. The van der Waals surface area contributed by atoms with Gasteiger partial charge in [0.15, 0.2) is 0 Å². The van der Waals surface area contributed by atoms with E-state index in [0.717, 1.165) is 22.5 Å². The fourth-order valence-electron chi connectivity index (χ4n) is 3.96. The van der Waals surface area contributed by atoms with Crippen molar-refractivity contribution in [2.45, 2.75) is 70.1 Å². The summed E-state index contributed by atoms with van der Waals surface area (Å²) in [4.78, 5) is 4.14. The number of hydrogen-bond donors (Lipinski definition) is 1. The Morgan fingerprint density at radius 2 is 2.05 bits per heavy atom. The molecule has 0 saturated carbocycles. The van der Waals surface area contributed by atoms with Crippen LogP contribution in [0.15, 0.2) is 12.1 Å². The van der Waals surface area contributed by atoms with Crippen LogP contribution in [0.3, 0.4) is 0 Å². The molecule has 2 bridgehead atoms. The second-order valence-electron chi connectivity index (χ2n) is 6.32. The molecule has 20 heavy (non-hydrogen) atoms. The van der Waals surface area contributed by atoms with Gasteiger partial charge in [0.2, 0.25) is 0 Å². The smallest absolute Gasteiger partial charge is 0.0931 e. The number of piperidine rings is 1. The summed E-state index contributed by atoms with van der Waals surface area (Å²) in [6, 6.07) is 7.00. The van der Waals surface area contributed by atoms with Crippen molar-refractivity contribution in [1.29, 1.82) is 0 Å². The predicted octanol–water partition coefficient (Wildman–Crippen LogP) is 4.46. The molecular weight excluding hydrogens is 288 g/mol. The van der Waals surface area contributed by atoms with Gasteiger partial charge in [-0.05, 0) is 57.7 Å². The Morgan fingerprint density at radius 3 is 2.60 bits per heavy atom. The van der Waals surface area contributed by atoms with Gasteiger partial charge in [-0.3, -0.25) is 4.90 Å². The van der Waals surface area contributed by atoms with E-state index in [2.05, 4.69) is 30.1 Å². The monoisotopic (exact) mass is 312 g/mol. The number of thiophene rings is 1. The van der Waals surface area contributed by atoms with Crippen LogP contribution in [0.2, 0.25) is 4.34 Å². The minimum atomic E-state index is 0.495. The Kier molecular flexibility index (Phi) is 4.71. The van der Waals surface area contributed by atoms with E-state index in [0.29, 0.717) is 6.04 Å². The van der Waals surface area contributed by atoms with Crippen molar-refractivity contribution < 1.29 is 0 Å². The number of hydrogen-bond acceptors (Lipinski definition) is 3. The maximum Gasteiger partial charge on any atom is 0.0931 e. The zero-order valence-corrected chi connectivity index (χ0v) is 14.0. The zero-order valence-electron chi connectivity index (χ0n) is 12.4. The summed E-state index contributed by atoms with van der Waals surface area (Å²) in [5.74, 6) is 0. The van der Waals surface area contributed by atoms with Gasteiger partial charge in [-0.25, -0.2) is 0 Å². The van der Waals surface area contributed by atoms with Gasteiger partial charge < -0.3 is 5.32 Å². The summed E-state index contributed by atoms with van der Waals surface area (Å²) < 4.78 is 0.911. The number of rotatable bonds is 5. The first-order valence-corrected chi connectivity index (χ1v) is 9.13. The molecule has 2 aliphatic heterocycles. The standard InChI is InChI=1S/C16H25ClN2S/c1-3-8-19(11(2)15-6-7-16(17)20-15)14-9-12-4-5-13(10-14)18-12/h6-7,11-14,18H,3-5,8-10H2,1-2H3. The second-order valence-corrected chi connectivity index (χ2v) is 8.07. The van der Waals surface area contributed by atoms with Crippen LogP contribution in [-0.4, -0.2) is 29.6 Å². The van der Waals surface area contributed by atoms with Crippen molar-refractivity contribution in [2.24, 2.45) is 0 Å². The van der Waals surface area contributed by atoms with Crippen LogP contribution < -0.4 is 5.32 Å². The van der Waals surface area contributed by atoms with Crippen LogP contribution in [0.1, 0.15) is 56.9 Å². The third-order valence-electron chi connectivity index (χ3n) is 4.90. The molecular formula is C16H25ClN2S. The fourth-order valence-corrected chi connectivity index (χ4v) is 5.10. The molecule has 1 aromatic rings. The molecule has 3 atom stereocenters. The van der Waals surface area contributed by atoms with Crippen LogP contribution in [-0.2, 0) is 0 Å². The van der Waals surface area contributed by atoms with Crippen molar-refractivity contribution in [3.8, 4) is 0 Å². The van der Waals surface area contributed by atoms with E-state index in [1.807, 2.05) is 6.07 Å². The van der Waals surface area contributed by atoms with Crippen molar-refractivity contribution in [1.82, 2.24) is 10.2 Å². The maximum absolute atomic E-state index is 6.12. The SMILES string of the molecule is CCCN(C1CC2CCC(C1)N2)C(C)c1ccc(Cl)s1. The topological polar surface area (TPSA) is 15.3 Å². The summed E-state index contributed by atoms with van der Waals surface area (Å²) in [6.45, 7) is 5.83. The van der Waals surface area contributed by atoms with Crippen LogP contribution in [0.25, 0.3) is 0 Å². The quantitative estimate of drug-likeness (QED) is 0.863. The molecule has 2 fully saturated rings. The molecule has 2 nitrogen and oxygen atoms in total. The van der Waals surface area contributed by atoms with E-state index in [4.69, 9.17) is 11.6 Å². The lowest BCUT2D eigenvalue weighted by molar-refractivity contribution is 0.103. The Balaban J connectivity index is 1.74. The third kappa shape index (κ3) is 3.06. The van der Waals surface area contributed by atoms with Crippen molar-refractivity contribution >= 4 is 22.9 Å². The summed E-state index contributed by atoms with van der Waals surface area (Å²) in [6.07, 6.45) is 6.61. The summed E-state index contributed by atoms with van der Waals surface area (Å²) in [5.41, 5.74) is 0. The van der Waals surface area contributed by atoms with Crippen LogP contribution in [0.5, 0.6) is 0 Å². The number of halogens is 1. The van der Waals surface area contributed by atoms with E-state index < -0.39 is 0 Å². The fraction of sp³-hybridized carbons (Fsp3) is 0.750. The van der Waals surface area contributed by atoms with Crippen LogP contribution in [0, 0.1) is 0 Å². The van der Waals surface area contributed by atoms with E-state index >= 15 is 0 Å². The molecule has 3 unspecified atom stereocenters. The minimum absolute atomic E-state index is 0.495. The van der Waals surface area contributed by atoms with Gasteiger partial charge in [0.25, 0.3) is 0 Å². The zero-order chi connectivity index (χ0) is 14.1. The lowest BCUT2D eigenvalue weighted by Gasteiger charge is -2.40. The highest BCUT2D eigenvalue weighted by atomic mass is 35.5. The molecule has 0 radical (unpaired) electrons. The number of nitrogens with one attached hydrogen (secondary N) is 1. The lowest BCUT2D eigenvalue weighted by atomic mass is 9.96. The van der Waals surface area contributed by atoms with E-state index in [9.17, 15) is 0 Å². The van der Waals surface area contributed by atoms with Gasteiger partial charge in [-0.15, -0.1) is 11.3 Å². The van der Waals surface area contributed by atoms with Gasteiger partial charge in [0, 0.05) is 29.0 Å². The molecule has 0 aromatic carbocycles. The maximum atomic E-state index is 6.12. The Bertz CT molecular complexity index is 435. The Morgan fingerprint density at radius 1 is 1.35 bits per heavy atom.